The van der Waals surface area contributed by atoms with Crippen LogP contribution in [0.2, 0.25) is 0 Å². The van der Waals surface area contributed by atoms with Crippen LogP contribution in [0.25, 0.3) is 0 Å². The highest BCUT2D eigenvalue weighted by Crippen LogP contribution is 2.12. The van der Waals surface area contributed by atoms with Crippen LogP contribution in [-0.4, -0.2) is 18.0 Å². The molecule has 0 bridgehead atoms. The molecule has 0 radical (unpaired) electrons. The lowest BCUT2D eigenvalue weighted by molar-refractivity contribution is -0.127. The fourth-order valence-corrected chi connectivity index (χ4v) is 2.05. The summed E-state index contributed by atoms with van der Waals surface area (Å²) in [7, 11) is 0. The largest absolute Gasteiger partial charge is 0.399 e. The number of benzene rings is 2. The van der Waals surface area contributed by atoms with Crippen LogP contribution in [-0.2, 0) is 16.1 Å². The number of amides is 2. The summed E-state index contributed by atoms with van der Waals surface area (Å²) in [5, 5.41) is 8.34. The van der Waals surface area contributed by atoms with E-state index in [0.717, 1.165) is 5.56 Å². The molecule has 0 aliphatic heterocycles. The van der Waals surface area contributed by atoms with Gasteiger partial charge in [-0.1, -0.05) is 36.4 Å². The minimum atomic E-state index is -0.877. The number of anilines is 2. The predicted octanol–water partition coefficient (Wildman–Crippen LogP) is 1.46. The molecule has 0 aromatic heterocycles. The number of hydrogen-bond donors (Lipinski definition) is 4. The number of nitrogens with one attached hydrogen (secondary N) is 3. The van der Waals surface area contributed by atoms with Gasteiger partial charge in [-0.15, -0.1) is 0 Å². The summed E-state index contributed by atoms with van der Waals surface area (Å²) in [6.45, 7) is 1.74. The molecule has 0 fully saturated rings. The Morgan fingerprint density at radius 1 is 1.09 bits per heavy atom. The highest BCUT2D eigenvalue weighted by molar-refractivity contribution is 5.88. The van der Waals surface area contributed by atoms with Gasteiger partial charge in [0.25, 0.3) is 5.91 Å². The van der Waals surface area contributed by atoms with E-state index in [1.165, 1.54) is 6.92 Å². The van der Waals surface area contributed by atoms with Gasteiger partial charge < -0.3 is 21.7 Å². The van der Waals surface area contributed by atoms with Crippen molar-refractivity contribution in [3.63, 3.8) is 0 Å². The van der Waals surface area contributed by atoms with Crippen LogP contribution in [0.3, 0.4) is 0 Å². The Labute approximate surface area is 135 Å². The third kappa shape index (κ3) is 5.35. The molecular weight excluding hydrogens is 292 g/mol. The second kappa shape index (κ2) is 7.84. The van der Waals surface area contributed by atoms with Crippen molar-refractivity contribution >= 4 is 23.2 Å². The van der Waals surface area contributed by atoms with Gasteiger partial charge in [-0.05, 0) is 23.8 Å². The number of nitrogen functional groups attached to an aromatic ring is 1. The molecular formula is C17H20N4O2. The van der Waals surface area contributed by atoms with E-state index in [4.69, 9.17) is 5.73 Å². The maximum atomic E-state index is 12.3. The first-order valence-corrected chi connectivity index (χ1v) is 7.25. The lowest BCUT2D eigenvalue weighted by Crippen LogP contribution is -2.50. The number of carbonyl (C=O) groups is 2. The maximum Gasteiger partial charge on any atom is 0.263 e. The Morgan fingerprint density at radius 2 is 1.83 bits per heavy atom. The van der Waals surface area contributed by atoms with E-state index < -0.39 is 6.17 Å². The summed E-state index contributed by atoms with van der Waals surface area (Å²) in [5.74, 6) is -0.632. The summed E-state index contributed by atoms with van der Waals surface area (Å²) < 4.78 is 0. The molecule has 0 aliphatic rings. The minimum absolute atomic E-state index is 0.304. The lowest BCUT2D eigenvalue weighted by Gasteiger charge is -2.20. The van der Waals surface area contributed by atoms with E-state index in [2.05, 4.69) is 16.0 Å². The maximum absolute atomic E-state index is 12.3. The second-order valence-electron chi connectivity index (χ2n) is 5.11. The predicted molar refractivity (Wildman–Crippen MR) is 90.4 cm³/mol. The van der Waals surface area contributed by atoms with Crippen LogP contribution in [0.15, 0.2) is 54.6 Å². The molecule has 0 aliphatic carbocycles. The summed E-state index contributed by atoms with van der Waals surface area (Å²) in [6.07, 6.45) is -0.877. The Hall–Kier alpha value is -3.02. The van der Waals surface area contributed by atoms with E-state index in [-0.39, 0.29) is 11.8 Å². The van der Waals surface area contributed by atoms with E-state index in [0.29, 0.717) is 17.9 Å². The Balaban J connectivity index is 2.01. The highest BCUT2D eigenvalue weighted by Gasteiger charge is 2.18. The number of carbonyl (C=O) groups excluding carboxylic acids is 2. The molecule has 5 N–H and O–H groups in total. The first-order chi connectivity index (χ1) is 11.0. The second-order valence-corrected chi connectivity index (χ2v) is 5.11. The number of nitrogens with two attached hydrogens (primary N) is 1. The van der Waals surface area contributed by atoms with Gasteiger partial charge >= 0.3 is 0 Å². The third-order valence-electron chi connectivity index (χ3n) is 3.12. The van der Waals surface area contributed by atoms with Crippen molar-refractivity contribution in [2.75, 3.05) is 11.1 Å². The smallest absolute Gasteiger partial charge is 0.263 e. The van der Waals surface area contributed by atoms with Crippen molar-refractivity contribution in [1.29, 1.82) is 0 Å². The van der Waals surface area contributed by atoms with Crippen LogP contribution >= 0.6 is 0 Å². The molecule has 6 heteroatoms. The van der Waals surface area contributed by atoms with Crippen LogP contribution in [0.5, 0.6) is 0 Å². The molecule has 0 spiro atoms. The van der Waals surface area contributed by atoms with Crippen LogP contribution in [0.1, 0.15) is 12.5 Å². The fraction of sp³-hybridized carbons (Fsp3) is 0.176. The van der Waals surface area contributed by atoms with Crippen molar-refractivity contribution in [2.45, 2.75) is 19.6 Å². The lowest BCUT2D eigenvalue weighted by atomic mass is 10.2. The first-order valence-electron chi connectivity index (χ1n) is 7.25. The molecule has 2 aromatic carbocycles. The summed E-state index contributed by atoms with van der Waals surface area (Å²) in [5.41, 5.74) is 7.92. The van der Waals surface area contributed by atoms with E-state index in [9.17, 15) is 9.59 Å². The van der Waals surface area contributed by atoms with Crippen molar-refractivity contribution in [3.05, 3.63) is 60.2 Å². The quantitative estimate of drug-likeness (QED) is 0.479. The molecule has 2 aromatic rings. The van der Waals surface area contributed by atoms with Gasteiger partial charge in [0.15, 0.2) is 6.17 Å². The van der Waals surface area contributed by atoms with Gasteiger partial charge in [0.1, 0.15) is 0 Å². The molecule has 120 valence electrons. The summed E-state index contributed by atoms with van der Waals surface area (Å²) >= 11 is 0. The SMILES string of the molecule is CC(=O)NC(Nc1cccc(N)c1)C(=O)NCc1ccccc1. The van der Waals surface area contributed by atoms with Crippen molar-refractivity contribution in [2.24, 2.45) is 0 Å². The highest BCUT2D eigenvalue weighted by atomic mass is 16.2. The van der Waals surface area contributed by atoms with E-state index in [1.54, 1.807) is 24.3 Å². The van der Waals surface area contributed by atoms with Crippen LogP contribution in [0.4, 0.5) is 11.4 Å². The van der Waals surface area contributed by atoms with Gasteiger partial charge in [0.05, 0.1) is 0 Å². The monoisotopic (exact) mass is 312 g/mol. The third-order valence-corrected chi connectivity index (χ3v) is 3.12. The first kappa shape index (κ1) is 16.4. The minimum Gasteiger partial charge on any atom is -0.399 e. The summed E-state index contributed by atoms with van der Waals surface area (Å²) in [4.78, 5) is 23.7. The molecule has 1 atom stereocenters. The van der Waals surface area contributed by atoms with Crippen LogP contribution in [0, 0.1) is 0 Å². The zero-order valence-electron chi connectivity index (χ0n) is 12.9. The van der Waals surface area contributed by atoms with Crippen molar-refractivity contribution < 1.29 is 9.59 Å². The standard InChI is InChI=1S/C17H20N4O2/c1-12(22)20-16(21-15-9-5-8-14(18)10-15)17(23)19-11-13-6-3-2-4-7-13/h2-10,16,21H,11,18H2,1H3,(H,19,23)(H,20,22). The zero-order valence-corrected chi connectivity index (χ0v) is 12.9. The van der Waals surface area contributed by atoms with Gasteiger partial charge in [-0.3, -0.25) is 9.59 Å². The molecule has 23 heavy (non-hydrogen) atoms. The number of hydrogen-bond acceptors (Lipinski definition) is 4. The fourth-order valence-electron chi connectivity index (χ4n) is 2.05. The van der Waals surface area contributed by atoms with Gasteiger partial charge in [-0.25, -0.2) is 0 Å². The van der Waals surface area contributed by atoms with E-state index in [1.807, 2.05) is 30.3 Å². The molecule has 2 amide bonds. The summed E-state index contributed by atoms with van der Waals surface area (Å²) in [6, 6.07) is 16.5. The molecule has 0 saturated carbocycles. The Morgan fingerprint density at radius 3 is 2.48 bits per heavy atom. The van der Waals surface area contributed by atoms with Crippen LogP contribution < -0.4 is 21.7 Å². The average molecular weight is 312 g/mol. The molecule has 0 saturated heterocycles. The van der Waals surface area contributed by atoms with Crippen molar-refractivity contribution in [1.82, 2.24) is 10.6 Å². The normalized spacial score (nSPS) is 11.3. The van der Waals surface area contributed by atoms with Gasteiger partial charge in [-0.2, -0.15) is 0 Å². The molecule has 6 nitrogen and oxygen atoms in total. The van der Waals surface area contributed by atoms with Gasteiger partial charge in [0.2, 0.25) is 5.91 Å². The Kier molecular flexibility index (Phi) is 5.57. The molecule has 0 heterocycles. The molecule has 2 rings (SSSR count). The number of rotatable bonds is 6. The zero-order chi connectivity index (χ0) is 16.7. The van der Waals surface area contributed by atoms with Gasteiger partial charge in [0, 0.05) is 24.8 Å². The Bertz CT molecular complexity index is 673. The topological polar surface area (TPSA) is 96.2 Å². The van der Waals surface area contributed by atoms with E-state index >= 15 is 0 Å². The average Bonchev–Trinajstić information content (AvgIpc) is 2.52. The van der Waals surface area contributed by atoms with Crippen molar-refractivity contribution in [3.8, 4) is 0 Å². The molecule has 1 unspecified atom stereocenters.